The van der Waals surface area contributed by atoms with Gasteiger partial charge in [0.2, 0.25) is 11.8 Å². The van der Waals surface area contributed by atoms with Crippen LogP contribution in [0, 0.1) is 11.8 Å². The number of para-hydroxylation sites is 1. The molecule has 210 valence electrons. The molecule has 3 saturated heterocycles. The Morgan fingerprint density at radius 2 is 2.00 bits per heavy atom. The standard InChI is InChI=1S/C28H37N5O6/c1-3-15-31(18-33-20-12-8-7-11-19(20)29-30-33)25(36)23-28-14-13-27(4-2,39-28)22(26(37)38)21(28)24(35)32(23)16-9-5-6-10-17-34/h3,7-8,11-12,21-23,34H,1,4-6,9-10,13-18H2,2H3,(H,37,38)/t21-,22+,23?,27-,28?/m0/s1. The Hall–Kier alpha value is -3.31. The van der Waals surface area contributed by atoms with Gasteiger partial charge in [0.15, 0.2) is 0 Å². The maximum absolute atomic E-state index is 14.4. The number of amides is 2. The Kier molecular flexibility index (Phi) is 7.47. The molecule has 1 aromatic heterocycles. The van der Waals surface area contributed by atoms with Crippen LogP contribution in [0.5, 0.6) is 0 Å². The first-order chi connectivity index (χ1) is 18.8. The zero-order valence-corrected chi connectivity index (χ0v) is 22.4. The lowest BCUT2D eigenvalue weighted by Gasteiger charge is -2.36. The van der Waals surface area contributed by atoms with E-state index in [0.29, 0.717) is 44.2 Å². The summed E-state index contributed by atoms with van der Waals surface area (Å²) in [6, 6.07) is 6.52. The number of aliphatic hydroxyl groups excluding tert-OH is 1. The van der Waals surface area contributed by atoms with Gasteiger partial charge in [-0.1, -0.05) is 43.2 Å². The smallest absolute Gasteiger partial charge is 0.310 e. The number of aliphatic hydroxyl groups is 1. The number of carboxylic acid groups (broad SMARTS) is 1. The number of likely N-dealkylation sites (tertiary alicyclic amines) is 1. The van der Waals surface area contributed by atoms with Gasteiger partial charge in [-0.25, -0.2) is 4.68 Å². The van der Waals surface area contributed by atoms with Crippen molar-refractivity contribution < 1.29 is 29.3 Å². The van der Waals surface area contributed by atoms with E-state index in [1.165, 1.54) is 0 Å². The Labute approximate surface area is 227 Å². The molecule has 5 rings (SSSR count). The quantitative estimate of drug-likeness (QED) is 0.292. The maximum atomic E-state index is 14.4. The summed E-state index contributed by atoms with van der Waals surface area (Å²) in [4.78, 5) is 44.1. The van der Waals surface area contributed by atoms with Gasteiger partial charge in [0.05, 0.1) is 17.0 Å². The van der Waals surface area contributed by atoms with Crippen molar-refractivity contribution in [1.82, 2.24) is 24.8 Å². The van der Waals surface area contributed by atoms with E-state index in [1.807, 2.05) is 31.2 Å². The molecule has 3 fully saturated rings. The van der Waals surface area contributed by atoms with Crippen LogP contribution in [0.3, 0.4) is 0 Å². The number of fused-ring (bicyclic) bond motifs is 2. The lowest BCUT2D eigenvalue weighted by molar-refractivity contribution is -0.158. The molecule has 1 spiro atoms. The molecule has 2 unspecified atom stereocenters. The van der Waals surface area contributed by atoms with E-state index in [-0.39, 0.29) is 31.6 Å². The molecular weight excluding hydrogens is 502 g/mol. The zero-order valence-electron chi connectivity index (χ0n) is 22.4. The molecule has 1 aromatic carbocycles. The molecule has 0 saturated carbocycles. The molecule has 3 aliphatic rings. The zero-order chi connectivity index (χ0) is 27.8. The molecule has 2 aromatic rings. The number of carbonyl (C=O) groups excluding carboxylic acids is 2. The highest BCUT2D eigenvalue weighted by molar-refractivity contribution is 5.98. The van der Waals surface area contributed by atoms with Crippen LogP contribution in [0.25, 0.3) is 11.0 Å². The minimum absolute atomic E-state index is 0.0996. The number of ether oxygens (including phenoxy) is 1. The van der Waals surface area contributed by atoms with Crippen LogP contribution in [0.15, 0.2) is 36.9 Å². The van der Waals surface area contributed by atoms with E-state index >= 15 is 0 Å². The molecule has 11 heteroatoms. The van der Waals surface area contributed by atoms with Crippen molar-refractivity contribution in [2.24, 2.45) is 11.8 Å². The summed E-state index contributed by atoms with van der Waals surface area (Å²) in [5.74, 6) is -3.58. The van der Waals surface area contributed by atoms with Crippen molar-refractivity contribution in [3.8, 4) is 0 Å². The third-order valence-electron chi connectivity index (χ3n) is 8.87. The van der Waals surface area contributed by atoms with Gasteiger partial charge in [-0.15, -0.1) is 11.7 Å². The third-order valence-corrected chi connectivity index (χ3v) is 8.87. The predicted octanol–water partition coefficient (Wildman–Crippen LogP) is 2.20. The Bertz CT molecular complexity index is 1260. The molecule has 4 heterocycles. The molecule has 5 atom stereocenters. The van der Waals surface area contributed by atoms with Crippen molar-refractivity contribution in [3.05, 3.63) is 36.9 Å². The molecule has 2 bridgehead atoms. The first-order valence-corrected chi connectivity index (χ1v) is 13.9. The second kappa shape index (κ2) is 10.7. The summed E-state index contributed by atoms with van der Waals surface area (Å²) in [5.41, 5.74) is -0.673. The molecule has 0 radical (unpaired) electrons. The van der Waals surface area contributed by atoms with E-state index < -0.39 is 35.0 Å². The van der Waals surface area contributed by atoms with Crippen molar-refractivity contribution in [1.29, 1.82) is 0 Å². The molecule has 11 nitrogen and oxygen atoms in total. The molecule has 2 N–H and O–H groups in total. The minimum Gasteiger partial charge on any atom is -0.481 e. The molecule has 0 aliphatic carbocycles. The molecule has 2 amide bonds. The number of aromatic nitrogens is 3. The summed E-state index contributed by atoms with van der Waals surface area (Å²) < 4.78 is 8.26. The summed E-state index contributed by atoms with van der Waals surface area (Å²) in [6.45, 7) is 6.46. The van der Waals surface area contributed by atoms with E-state index in [2.05, 4.69) is 16.9 Å². The van der Waals surface area contributed by atoms with E-state index in [4.69, 9.17) is 9.84 Å². The lowest BCUT2D eigenvalue weighted by atomic mass is 9.65. The number of carboxylic acids is 1. The van der Waals surface area contributed by atoms with Gasteiger partial charge in [0.1, 0.15) is 29.7 Å². The van der Waals surface area contributed by atoms with Gasteiger partial charge in [-0.05, 0) is 44.2 Å². The van der Waals surface area contributed by atoms with Gasteiger partial charge < -0.3 is 24.7 Å². The number of carbonyl (C=O) groups is 3. The average molecular weight is 540 g/mol. The first-order valence-electron chi connectivity index (χ1n) is 13.9. The number of nitrogens with zero attached hydrogens (tertiary/aromatic N) is 5. The van der Waals surface area contributed by atoms with Crippen molar-refractivity contribution in [3.63, 3.8) is 0 Å². The Morgan fingerprint density at radius 1 is 1.23 bits per heavy atom. The van der Waals surface area contributed by atoms with E-state index in [9.17, 15) is 19.5 Å². The fraction of sp³-hybridized carbons (Fsp3) is 0.607. The lowest BCUT2D eigenvalue weighted by Crippen LogP contribution is -2.56. The van der Waals surface area contributed by atoms with Gasteiger partial charge >= 0.3 is 5.97 Å². The van der Waals surface area contributed by atoms with Crippen LogP contribution in [-0.2, 0) is 25.8 Å². The summed E-state index contributed by atoms with van der Waals surface area (Å²) in [5, 5.41) is 27.8. The number of hydrogen-bond acceptors (Lipinski definition) is 7. The summed E-state index contributed by atoms with van der Waals surface area (Å²) >= 11 is 0. The third kappa shape index (κ3) is 4.31. The minimum atomic E-state index is -1.19. The topological polar surface area (TPSA) is 138 Å². The normalized spacial score (nSPS) is 29.2. The highest BCUT2D eigenvalue weighted by Gasteiger charge is 2.79. The van der Waals surface area contributed by atoms with Crippen molar-refractivity contribution in [2.75, 3.05) is 19.7 Å². The molecule has 3 aliphatic heterocycles. The van der Waals surface area contributed by atoms with Crippen LogP contribution in [0.1, 0.15) is 51.9 Å². The van der Waals surface area contributed by atoms with Crippen LogP contribution < -0.4 is 0 Å². The van der Waals surface area contributed by atoms with Crippen molar-refractivity contribution in [2.45, 2.75) is 75.8 Å². The molecular formula is C28H37N5O6. The Balaban J connectivity index is 1.50. The average Bonchev–Trinajstić information content (AvgIpc) is 3.65. The first kappa shape index (κ1) is 27.3. The number of hydrogen-bond donors (Lipinski definition) is 2. The second-order valence-electron chi connectivity index (χ2n) is 10.9. The number of unbranched alkanes of at least 4 members (excludes halogenated alkanes) is 3. The highest BCUT2D eigenvalue weighted by atomic mass is 16.5. The van der Waals surface area contributed by atoms with Gasteiger partial charge in [0, 0.05) is 19.7 Å². The number of rotatable bonds is 13. The van der Waals surface area contributed by atoms with Crippen LogP contribution in [0.2, 0.25) is 0 Å². The van der Waals surface area contributed by atoms with Crippen LogP contribution in [0.4, 0.5) is 0 Å². The van der Waals surface area contributed by atoms with Crippen molar-refractivity contribution >= 4 is 28.8 Å². The van der Waals surface area contributed by atoms with E-state index in [1.54, 1.807) is 20.6 Å². The monoisotopic (exact) mass is 539 g/mol. The van der Waals surface area contributed by atoms with Gasteiger partial charge in [-0.2, -0.15) is 0 Å². The highest BCUT2D eigenvalue weighted by Crippen LogP contribution is 2.64. The number of aliphatic carboxylic acids is 1. The fourth-order valence-corrected chi connectivity index (χ4v) is 7.09. The maximum Gasteiger partial charge on any atom is 0.310 e. The fourth-order valence-electron chi connectivity index (χ4n) is 7.09. The summed E-state index contributed by atoms with van der Waals surface area (Å²) in [6.07, 6.45) is 5.93. The summed E-state index contributed by atoms with van der Waals surface area (Å²) in [7, 11) is 0. The Morgan fingerprint density at radius 3 is 2.72 bits per heavy atom. The second-order valence-corrected chi connectivity index (χ2v) is 10.9. The SMILES string of the molecule is C=CCN(Cn1nnc2ccccc21)C(=O)C1N(CCCCCCO)C(=O)[C@@H]2[C@H](C(=O)O)[C@]3(CC)CCC12O3. The van der Waals surface area contributed by atoms with Gasteiger partial charge in [0.25, 0.3) is 0 Å². The predicted molar refractivity (Wildman–Crippen MR) is 141 cm³/mol. The van der Waals surface area contributed by atoms with Crippen LogP contribution in [-0.4, -0.2) is 89.7 Å². The van der Waals surface area contributed by atoms with Gasteiger partial charge in [-0.3, -0.25) is 14.4 Å². The number of benzene rings is 1. The molecule has 39 heavy (non-hydrogen) atoms. The van der Waals surface area contributed by atoms with E-state index in [0.717, 1.165) is 18.4 Å². The van der Waals surface area contributed by atoms with Crippen LogP contribution >= 0.6 is 0 Å². The largest absolute Gasteiger partial charge is 0.481 e.